The SMILES string of the molecule is Cc1cc(Nc2ccc(C(C)C)cc2)n2nc(-c3ccccc3)c(C)c2n1. The van der Waals surface area contributed by atoms with Crippen molar-refractivity contribution in [3.05, 3.63) is 77.5 Å². The normalized spacial score (nSPS) is 11.3. The molecule has 2 aromatic carbocycles. The molecule has 0 unspecified atom stereocenters. The molecule has 0 spiro atoms. The lowest BCUT2D eigenvalue weighted by atomic mass is 10.0. The van der Waals surface area contributed by atoms with Gasteiger partial charge in [-0.05, 0) is 37.5 Å². The molecular weight excluding hydrogens is 332 g/mol. The van der Waals surface area contributed by atoms with E-state index in [0.717, 1.165) is 39.7 Å². The van der Waals surface area contributed by atoms with Gasteiger partial charge in [0.05, 0.1) is 5.69 Å². The number of nitrogens with one attached hydrogen (secondary N) is 1. The molecular formula is C23H24N4. The number of hydrogen-bond acceptors (Lipinski definition) is 3. The molecule has 0 amide bonds. The molecule has 0 saturated heterocycles. The van der Waals surface area contributed by atoms with Crippen molar-refractivity contribution in [1.29, 1.82) is 0 Å². The third kappa shape index (κ3) is 3.31. The molecule has 0 aliphatic heterocycles. The fourth-order valence-corrected chi connectivity index (χ4v) is 3.30. The average molecular weight is 356 g/mol. The van der Waals surface area contributed by atoms with Crippen molar-refractivity contribution in [2.24, 2.45) is 0 Å². The van der Waals surface area contributed by atoms with Crippen LogP contribution in [-0.2, 0) is 0 Å². The van der Waals surface area contributed by atoms with Crippen molar-refractivity contribution < 1.29 is 0 Å². The second-order valence-electron chi connectivity index (χ2n) is 7.26. The zero-order chi connectivity index (χ0) is 19.0. The van der Waals surface area contributed by atoms with Crippen LogP contribution in [0.3, 0.4) is 0 Å². The van der Waals surface area contributed by atoms with Crippen LogP contribution >= 0.6 is 0 Å². The van der Waals surface area contributed by atoms with Crippen LogP contribution in [-0.4, -0.2) is 14.6 Å². The summed E-state index contributed by atoms with van der Waals surface area (Å²) < 4.78 is 1.90. The Balaban J connectivity index is 1.78. The molecule has 0 fully saturated rings. The smallest absolute Gasteiger partial charge is 0.161 e. The Labute approximate surface area is 159 Å². The molecule has 4 aromatic rings. The fraction of sp³-hybridized carbons (Fsp3) is 0.217. The van der Waals surface area contributed by atoms with E-state index < -0.39 is 0 Å². The standard InChI is InChI=1S/C23H24N4/c1-15(2)18-10-12-20(13-11-18)25-21-14-16(3)24-23-17(4)22(26-27(21)23)19-8-6-5-7-9-19/h5-15,25H,1-4H3. The van der Waals surface area contributed by atoms with Crippen molar-refractivity contribution in [2.75, 3.05) is 5.32 Å². The first-order chi connectivity index (χ1) is 13.0. The van der Waals surface area contributed by atoms with Gasteiger partial charge in [0.25, 0.3) is 0 Å². The summed E-state index contributed by atoms with van der Waals surface area (Å²) in [6.07, 6.45) is 0. The van der Waals surface area contributed by atoms with Crippen LogP contribution in [0.1, 0.15) is 36.6 Å². The largest absolute Gasteiger partial charge is 0.340 e. The molecule has 2 aromatic heterocycles. The number of benzene rings is 2. The number of fused-ring (bicyclic) bond motifs is 1. The molecule has 1 N–H and O–H groups in total. The van der Waals surface area contributed by atoms with Gasteiger partial charge >= 0.3 is 0 Å². The van der Waals surface area contributed by atoms with Crippen LogP contribution in [0.2, 0.25) is 0 Å². The van der Waals surface area contributed by atoms with E-state index in [1.165, 1.54) is 5.56 Å². The van der Waals surface area contributed by atoms with Gasteiger partial charge in [0.2, 0.25) is 0 Å². The fourth-order valence-electron chi connectivity index (χ4n) is 3.30. The minimum atomic E-state index is 0.524. The van der Waals surface area contributed by atoms with E-state index >= 15 is 0 Å². The highest BCUT2D eigenvalue weighted by molar-refractivity contribution is 5.72. The summed E-state index contributed by atoms with van der Waals surface area (Å²) in [7, 11) is 0. The van der Waals surface area contributed by atoms with Crippen LogP contribution in [0.15, 0.2) is 60.7 Å². The summed E-state index contributed by atoms with van der Waals surface area (Å²) in [5.41, 5.74) is 7.38. The van der Waals surface area contributed by atoms with Crippen LogP contribution < -0.4 is 5.32 Å². The van der Waals surface area contributed by atoms with Gasteiger partial charge in [-0.3, -0.25) is 0 Å². The van der Waals surface area contributed by atoms with Crippen molar-refractivity contribution in [2.45, 2.75) is 33.6 Å². The first kappa shape index (κ1) is 17.3. The Bertz CT molecular complexity index is 1080. The summed E-state index contributed by atoms with van der Waals surface area (Å²) in [6, 6.07) is 20.9. The zero-order valence-electron chi connectivity index (χ0n) is 16.2. The Morgan fingerprint density at radius 1 is 0.926 bits per heavy atom. The van der Waals surface area contributed by atoms with Crippen molar-refractivity contribution in [1.82, 2.24) is 14.6 Å². The van der Waals surface area contributed by atoms with Crippen molar-refractivity contribution in [3.63, 3.8) is 0 Å². The molecule has 4 heteroatoms. The van der Waals surface area contributed by atoms with E-state index in [4.69, 9.17) is 10.1 Å². The second-order valence-corrected chi connectivity index (χ2v) is 7.26. The maximum absolute atomic E-state index is 4.86. The second kappa shape index (κ2) is 6.88. The van der Waals surface area contributed by atoms with Gasteiger partial charge in [-0.2, -0.15) is 9.61 Å². The molecule has 136 valence electrons. The van der Waals surface area contributed by atoms with E-state index in [-0.39, 0.29) is 0 Å². The number of rotatable bonds is 4. The molecule has 0 bridgehead atoms. The van der Waals surface area contributed by atoms with Gasteiger partial charge in [0, 0.05) is 28.6 Å². The Kier molecular flexibility index (Phi) is 4.40. The van der Waals surface area contributed by atoms with Gasteiger partial charge in [-0.1, -0.05) is 56.3 Å². The van der Waals surface area contributed by atoms with Gasteiger partial charge in [0.1, 0.15) is 5.82 Å². The lowest BCUT2D eigenvalue weighted by Crippen LogP contribution is -2.02. The quantitative estimate of drug-likeness (QED) is 0.496. The van der Waals surface area contributed by atoms with Gasteiger partial charge in [-0.25, -0.2) is 4.98 Å². The van der Waals surface area contributed by atoms with Crippen LogP contribution in [0.4, 0.5) is 11.5 Å². The lowest BCUT2D eigenvalue weighted by Gasteiger charge is -2.11. The molecule has 2 heterocycles. The van der Waals surface area contributed by atoms with E-state index in [1.54, 1.807) is 0 Å². The molecule has 0 atom stereocenters. The predicted octanol–water partition coefficient (Wildman–Crippen LogP) is 5.88. The molecule has 27 heavy (non-hydrogen) atoms. The first-order valence-electron chi connectivity index (χ1n) is 9.32. The highest BCUT2D eigenvalue weighted by atomic mass is 15.3. The number of anilines is 2. The van der Waals surface area contributed by atoms with E-state index in [1.807, 2.05) is 35.7 Å². The maximum atomic E-state index is 4.86. The highest BCUT2D eigenvalue weighted by Gasteiger charge is 2.15. The number of aryl methyl sites for hydroxylation is 2. The first-order valence-corrected chi connectivity index (χ1v) is 9.32. The topological polar surface area (TPSA) is 42.2 Å². The third-order valence-electron chi connectivity index (χ3n) is 4.84. The number of hydrogen-bond donors (Lipinski definition) is 1. The minimum Gasteiger partial charge on any atom is -0.340 e. The molecule has 0 radical (unpaired) electrons. The highest BCUT2D eigenvalue weighted by Crippen LogP contribution is 2.28. The van der Waals surface area contributed by atoms with Gasteiger partial charge in [-0.15, -0.1) is 0 Å². The van der Waals surface area contributed by atoms with Crippen LogP contribution in [0.5, 0.6) is 0 Å². The van der Waals surface area contributed by atoms with E-state index in [2.05, 4.69) is 62.5 Å². The monoisotopic (exact) mass is 356 g/mol. The molecule has 4 rings (SSSR count). The summed E-state index contributed by atoms with van der Waals surface area (Å²) in [5.74, 6) is 1.44. The zero-order valence-corrected chi connectivity index (χ0v) is 16.2. The molecule has 4 nitrogen and oxygen atoms in total. The average Bonchev–Trinajstić information content (AvgIpc) is 3.00. The summed E-state index contributed by atoms with van der Waals surface area (Å²) in [4.78, 5) is 4.72. The maximum Gasteiger partial charge on any atom is 0.161 e. The Morgan fingerprint density at radius 2 is 1.63 bits per heavy atom. The Morgan fingerprint density at radius 3 is 2.30 bits per heavy atom. The van der Waals surface area contributed by atoms with E-state index in [0.29, 0.717) is 5.92 Å². The summed E-state index contributed by atoms with van der Waals surface area (Å²) in [5, 5.41) is 8.36. The molecule has 0 aliphatic carbocycles. The van der Waals surface area contributed by atoms with Crippen molar-refractivity contribution in [3.8, 4) is 11.3 Å². The minimum absolute atomic E-state index is 0.524. The summed E-state index contributed by atoms with van der Waals surface area (Å²) >= 11 is 0. The van der Waals surface area contributed by atoms with Crippen LogP contribution in [0, 0.1) is 13.8 Å². The van der Waals surface area contributed by atoms with Gasteiger partial charge < -0.3 is 5.32 Å². The number of nitrogens with zero attached hydrogens (tertiary/aromatic N) is 3. The molecule has 0 saturated carbocycles. The third-order valence-corrected chi connectivity index (χ3v) is 4.84. The van der Waals surface area contributed by atoms with Crippen LogP contribution in [0.25, 0.3) is 16.9 Å². The summed E-state index contributed by atoms with van der Waals surface area (Å²) in [6.45, 7) is 8.51. The predicted molar refractivity (Wildman–Crippen MR) is 112 cm³/mol. The molecule has 0 aliphatic rings. The lowest BCUT2D eigenvalue weighted by molar-refractivity contribution is 0.867. The van der Waals surface area contributed by atoms with E-state index in [9.17, 15) is 0 Å². The Hall–Kier alpha value is -3.14. The number of aromatic nitrogens is 3. The van der Waals surface area contributed by atoms with Gasteiger partial charge in [0.15, 0.2) is 5.65 Å². The van der Waals surface area contributed by atoms with Crippen molar-refractivity contribution >= 4 is 17.2 Å².